The van der Waals surface area contributed by atoms with Crippen LogP contribution < -0.4 is 10.6 Å². The van der Waals surface area contributed by atoms with Gasteiger partial charge in [0.2, 0.25) is 0 Å². The summed E-state index contributed by atoms with van der Waals surface area (Å²) in [5, 5.41) is 7.71. The SMILES string of the molecule is N=C(N)c1ccncc1N1CCCN2CCCC2C1. The maximum Gasteiger partial charge on any atom is 0.125 e. The highest BCUT2D eigenvalue weighted by atomic mass is 15.3. The van der Waals surface area contributed by atoms with Crippen molar-refractivity contribution >= 4 is 11.5 Å². The van der Waals surface area contributed by atoms with Crippen molar-refractivity contribution in [2.75, 3.05) is 31.1 Å². The van der Waals surface area contributed by atoms with Crippen LogP contribution in [0.3, 0.4) is 0 Å². The lowest BCUT2D eigenvalue weighted by Gasteiger charge is -2.28. The monoisotopic (exact) mass is 259 g/mol. The molecule has 0 aromatic carbocycles. The predicted octanol–water partition coefficient (Wildman–Crippen LogP) is 1.04. The van der Waals surface area contributed by atoms with Gasteiger partial charge in [-0.2, -0.15) is 0 Å². The van der Waals surface area contributed by atoms with Crippen LogP contribution in [-0.2, 0) is 0 Å². The lowest BCUT2D eigenvalue weighted by molar-refractivity contribution is 0.273. The fourth-order valence-corrected chi connectivity index (χ4v) is 3.29. The first-order valence-electron chi connectivity index (χ1n) is 7.03. The lowest BCUT2D eigenvalue weighted by atomic mass is 10.1. The maximum atomic E-state index is 7.71. The molecule has 5 nitrogen and oxygen atoms in total. The molecule has 3 N–H and O–H groups in total. The summed E-state index contributed by atoms with van der Waals surface area (Å²) >= 11 is 0. The number of nitrogens with one attached hydrogen (secondary N) is 1. The van der Waals surface area contributed by atoms with E-state index < -0.39 is 0 Å². The zero-order valence-corrected chi connectivity index (χ0v) is 11.2. The number of hydrogen-bond acceptors (Lipinski definition) is 4. The molecule has 19 heavy (non-hydrogen) atoms. The number of nitrogens with zero attached hydrogens (tertiary/aromatic N) is 3. The predicted molar refractivity (Wildman–Crippen MR) is 76.7 cm³/mol. The number of amidine groups is 1. The second-order valence-corrected chi connectivity index (χ2v) is 5.44. The van der Waals surface area contributed by atoms with E-state index in [1.165, 1.54) is 32.4 Å². The molecular formula is C14H21N5. The first-order chi connectivity index (χ1) is 9.25. The number of aromatic nitrogens is 1. The van der Waals surface area contributed by atoms with E-state index in [1.807, 2.05) is 12.3 Å². The van der Waals surface area contributed by atoms with Crippen molar-refractivity contribution in [2.45, 2.75) is 25.3 Å². The van der Waals surface area contributed by atoms with Crippen LogP contribution in [0.5, 0.6) is 0 Å². The minimum absolute atomic E-state index is 0.130. The topological polar surface area (TPSA) is 69.2 Å². The highest BCUT2D eigenvalue weighted by molar-refractivity contribution is 6.00. The highest BCUT2D eigenvalue weighted by Crippen LogP contribution is 2.26. The van der Waals surface area contributed by atoms with Gasteiger partial charge in [-0.3, -0.25) is 15.3 Å². The third-order valence-corrected chi connectivity index (χ3v) is 4.23. The van der Waals surface area contributed by atoms with Gasteiger partial charge in [0, 0.05) is 37.4 Å². The minimum atomic E-state index is 0.130. The third kappa shape index (κ3) is 2.42. The van der Waals surface area contributed by atoms with Gasteiger partial charge in [-0.05, 0) is 31.9 Å². The van der Waals surface area contributed by atoms with E-state index in [0.29, 0.717) is 6.04 Å². The van der Waals surface area contributed by atoms with Crippen LogP contribution in [0.25, 0.3) is 0 Å². The van der Waals surface area contributed by atoms with E-state index >= 15 is 0 Å². The van der Waals surface area contributed by atoms with Crippen LogP contribution in [0.1, 0.15) is 24.8 Å². The molecule has 0 spiro atoms. The smallest absolute Gasteiger partial charge is 0.125 e. The molecule has 2 aliphatic heterocycles. The lowest BCUT2D eigenvalue weighted by Crippen LogP contribution is -2.37. The van der Waals surface area contributed by atoms with Gasteiger partial charge >= 0.3 is 0 Å². The molecule has 0 amide bonds. The average molecular weight is 259 g/mol. The van der Waals surface area contributed by atoms with Gasteiger partial charge in [-0.15, -0.1) is 0 Å². The van der Waals surface area contributed by atoms with Crippen molar-refractivity contribution in [1.29, 1.82) is 5.41 Å². The Morgan fingerprint density at radius 3 is 3.00 bits per heavy atom. The molecule has 1 atom stereocenters. The number of rotatable bonds is 2. The molecule has 0 bridgehead atoms. The number of fused-ring (bicyclic) bond motifs is 1. The van der Waals surface area contributed by atoms with Crippen molar-refractivity contribution in [3.63, 3.8) is 0 Å². The van der Waals surface area contributed by atoms with Gasteiger partial charge in [0.05, 0.1) is 11.9 Å². The quantitative estimate of drug-likeness (QED) is 0.615. The van der Waals surface area contributed by atoms with E-state index in [9.17, 15) is 0 Å². The Labute approximate surface area is 113 Å². The zero-order valence-electron chi connectivity index (χ0n) is 11.2. The highest BCUT2D eigenvalue weighted by Gasteiger charge is 2.29. The third-order valence-electron chi connectivity index (χ3n) is 4.23. The van der Waals surface area contributed by atoms with E-state index in [0.717, 1.165) is 24.3 Å². The minimum Gasteiger partial charge on any atom is -0.384 e. The summed E-state index contributed by atoms with van der Waals surface area (Å²) in [7, 11) is 0. The first-order valence-corrected chi connectivity index (χ1v) is 7.03. The first kappa shape index (κ1) is 12.4. The Bertz CT molecular complexity index is 473. The van der Waals surface area contributed by atoms with Crippen LogP contribution in [0.4, 0.5) is 5.69 Å². The number of pyridine rings is 1. The van der Waals surface area contributed by atoms with Crippen LogP contribution in [-0.4, -0.2) is 47.9 Å². The molecule has 1 aromatic rings. The van der Waals surface area contributed by atoms with Crippen molar-refractivity contribution in [3.8, 4) is 0 Å². The molecule has 3 rings (SSSR count). The molecule has 2 aliphatic rings. The summed E-state index contributed by atoms with van der Waals surface area (Å²) in [6, 6.07) is 2.50. The van der Waals surface area contributed by atoms with E-state index in [1.54, 1.807) is 6.20 Å². The fourth-order valence-electron chi connectivity index (χ4n) is 3.29. The van der Waals surface area contributed by atoms with Crippen molar-refractivity contribution < 1.29 is 0 Å². The standard InChI is InChI=1S/C14H21N5/c15-14(16)12-4-5-17-9-13(12)19-8-2-7-18-6-1-3-11(18)10-19/h4-5,9,11H,1-3,6-8,10H2,(H3,15,16). The Morgan fingerprint density at radius 2 is 2.16 bits per heavy atom. The summed E-state index contributed by atoms with van der Waals surface area (Å²) in [6.07, 6.45) is 7.32. The molecule has 2 saturated heterocycles. The number of anilines is 1. The number of nitrogen functional groups attached to an aromatic ring is 1. The van der Waals surface area contributed by atoms with Crippen molar-refractivity contribution in [2.24, 2.45) is 5.73 Å². The molecule has 1 aromatic heterocycles. The molecular weight excluding hydrogens is 238 g/mol. The molecule has 102 valence electrons. The zero-order chi connectivity index (χ0) is 13.2. The second-order valence-electron chi connectivity index (χ2n) is 5.44. The maximum absolute atomic E-state index is 7.71. The molecule has 1 unspecified atom stereocenters. The van der Waals surface area contributed by atoms with Crippen LogP contribution in [0, 0.1) is 5.41 Å². The normalized spacial score (nSPS) is 24.0. The molecule has 0 aliphatic carbocycles. The van der Waals surface area contributed by atoms with Crippen LogP contribution >= 0.6 is 0 Å². The van der Waals surface area contributed by atoms with E-state index in [4.69, 9.17) is 11.1 Å². The van der Waals surface area contributed by atoms with Crippen LogP contribution in [0.15, 0.2) is 18.5 Å². The largest absolute Gasteiger partial charge is 0.384 e. The van der Waals surface area contributed by atoms with Crippen LogP contribution in [0.2, 0.25) is 0 Å². The van der Waals surface area contributed by atoms with Gasteiger partial charge < -0.3 is 10.6 Å². The Balaban J connectivity index is 1.87. The molecule has 3 heterocycles. The summed E-state index contributed by atoms with van der Waals surface area (Å²) in [5.41, 5.74) is 7.51. The summed E-state index contributed by atoms with van der Waals surface area (Å²) < 4.78 is 0. The van der Waals surface area contributed by atoms with E-state index in [2.05, 4.69) is 14.8 Å². The Hall–Kier alpha value is -1.62. The van der Waals surface area contributed by atoms with Gasteiger partial charge in [0.1, 0.15) is 5.84 Å². The van der Waals surface area contributed by atoms with Crippen molar-refractivity contribution in [1.82, 2.24) is 9.88 Å². The molecule has 5 heteroatoms. The fraction of sp³-hybridized carbons (Fsp3) is 0.571. The average Bonchev–Trinajstić information content (AvgIpc) is 2.76. The van der Waals surface area contributed by atoms with Gasteiger partial charge in [-0.1, -0.05) is 0 Å². The summed E-state index contributed by atoms with van der Waals surface area (Å²) in [5.74, 6) is 0.130. The molecule has 0 saturated carbocycles. The molecule has 2 fully saturated rings. The summed E-state index contributed by atoms with van der Waals surface area (Å²) in [6.45, 7) is 4.49. The molecule has 0 radical (unpaired) electrons. The summed E-state index contributed by atoms with van der Waals surface area (Å²) in [4.78, 5) is 9.17. The van der Waals surface area contributed by atoms with Crippen molar-refractivity contribution in [3.05, 3.63) is 24.0 Å². The Morgan fingerprint density at radius 1 is 1.32 bits per heavy atom. The van der Waals surface area contributed by atoms with Gasteiger partial charge in [0.15, 0.2) is 0 Å². The second kappa shape index (κ2) is 5.17. The number of nitrogens with two attached hydrogens (primary N) is 1. The number of hydrogen-bond donors (Lipinski definition) is 2. The van der Waals surface area contributed by atoms with Gasteiger partial charge in [-0.25, -0.2) is 0 Å². The van der Waals surface area contributed by atoms with Gasteiger partial charge in [0.25, 0.3) is 0 Å². The van der Waals surface area contributed by atoms with E-state index in [-0.39, 0.29) is 5.84 Å². The Kier molecular flexibility index (Phi) is 3.38.